The number of halogens is 2. The van der Waals surface area contributed by atoms with Gasteiger partial charge in [-0.05, 0) is 6.07 Å². The van der Waals surface area contributed by atoms with Crippen LogP contribution >= 0.6 is 47.1 Å². The van der Waals surface area contributed by atoms with Crippen LogP contribution in [0, 0.1) is 0 Å². The second-order valence-electron chi connectivity index (χ2n) is 3.78. The molecule has 11 heteroatoms. The summed E-state index contributed by atoms with van der Waals surface area (Å²) in [4.78, 5) is 23.4. The molecule has 0 spiro atoms. The zero-order valence-corrected chi connectivity index (χ0v) is 13.3. The predicted molar refractivity (Wildman–Crippen MR) is 85.9 cm³/mol. The largest absolute Gasteiger partial charge is 0.392 e. The fraction of sp³-hybridized carbons (Fsp3) is 0.100. The second kappa shape index (κ2) is 6.48. The van der Waals surface area contributed by atoms with E-state index in [4.69, 9.17) is 28.9 Å². The molecule has 2 rings (SSSR count). The second-order valence-corrected chi connectivity index (χ2v) is 5.65. The third-order valence-electron chi connectivity index (χ3n) is 2.31. The van der Waals surface area contributed by atoms with Gasteiger partial charge in [-0.25, -0.2) is 0 Å². The van der Waals surface area contributed by atoms with Gasteiger partial charge in [0.15, 0.2) is 0 Å². The lowest BCUT2D eigenvalue weighted by atomic mass is 10.2. The van der Waals surface area contributed by atoms with Crippen molar-refractivity contribution < 1.29 is 9.59 Å². The minimum absolute atomic E-state index is 0.0618. The van der Waals surface area contributed by atoms with Crippen LogP contribution in [0.2, 0.25) is 10.0 Å². The quantitative estimate of drug-likeness (QED) is 0.560. The number of nitrogens with zero attached hydrogens (tertiary/aromatic N) is 2. The molecule has 0 saturated carbocycles. The van der Waals surface area contributed by atoms with E-state index in [-0.39, 0.29) is 22.2 Å². The third-order valence-corrected chi connectivity index (χ3v) is 3.57. The number of nitrogens with one attached hydrogen (secondary N) is 2. The van der Waals surface area contributed by atoms with Crippen LogP contribution in [0.25, 0.3) is 11.0 Å². The monoisotopic (exact) mass is 363 g/mol. The van der Waals surface area contributed by atoms with Crippen molar-refractivity contribution in [1.29, 1.82) is 0 Å². The summed E-state index contributed by atoms with van der Waals surface area (Å²) in [6, 6.07) is 1.41. The van der Waals surface area contributed by atoms with Gasteiger partial charge >= 0.3 is 11.8 Å². The van der Waals surface area contributed by atoms with Gasteiger partial charge in [0, 0.05) is 0 Å². The molecule has 4 N–H and O–H groups in total. The highest BCUT2D eigenvalue weighted by molar-refractivity contribution is 7.80. The highest BCUT2D eigenvalue weighted by Gasteiger charge is 2.19. The van der Waals surface area contributed by atoms with Gasteiger partial charge in [0.1, 0.15) is 11.0 Å². The summed E-state index contributed by atoms with van der Waals surface area (Å²) in [6.45, 7) is -0.0798. The first-order chi connectivity index (χ1) is 9.90. The molecule has 0 aliphatic rings. The van der Waals surface area contributed by atoms with Gasteiger partial charge < -0.3 is 16.4 Å². The van der Waals surface area contributed by atoms with E-state index in [1.807, 2.05) is 0 Å². The highest BCUT2D eigenvalue weighted by atomic mass is 35.5. The summed E-state index contributed by atoms with van der Waals surface area (Å²) in [5.74, 6) is -1.82. The number of fused-ring (bicyclic) bond motifs is 1. The average Bonchev–Trinajstić information content (AvgIpc) is 2.90. The summed E-state index contributed by atoms with van der Waals surface area (Å²) < 4.78 is 7.99. The molecule has 0 aliphatic heterocycles. The van der Waals surface area contributed by atoms with Crippen LogP contribution in [-0.4, -0.2) is 32.1 Å². The molecule has 7 nitrogen and oxygen atoms in total. The number of hydrogen-bond donors (Lipinski definition) is 3. The maximum absolute atomic E-state index is 11.8. The van der Waals surface area contributed by atoms with E-state index in [0.29, 0.717) is 16.1 Å². The molecular weight excluding hydrogens is 357 g/mol. The van der Waals surface area contributed by atoms with E-state index in [9.17, 15) is 9.59 Å². The SMILES string of the molecule is NC(=S)CNC(=O)C(=O)Nc1c(Cl)cc(Cl)c2nsnc12. The Hall–Kier alpha value is -1.55. The number of anilines is 1. The first-order valence-electron chi connectivity index (χ1n) is 5.38. The van der Waals surface area contributed by atoms with Crippen LogP contribution in [-0.2, 0) is 9.59 Å². The van der Waals surface area contributed by atoms with Gasteiger partial charge in [-0.3, -0.25) is 9.59 Å². The molecule has 2 amide bonds. The summed E-state index contributed by atoms with van der Waals surface area (Å²) in [5.41, 5.74) is 6.10. The smallest absolute Gasteiger partial charge is 0.313 e. The van der Waals surface area contributed by atoms with Crippen molar-refractivity contribution in [2.45, 2.75) is 0 Å². The minimum Gasteiger partial charge on any atom is -0.392 e. The lowest BCUT2D eigenvalue weighted by Crippen LogP contribution is -2.39. The molecule has 0 unspecified atom stereocenters. The third kappa shape index (κ3) is 3.56. The fourth-order valence-corrected chi connectivity index (χ4v) is 2.64. The van der Waals surface area contributed by atoms with Crippen LogP contribution in [0.1, 0.15) is 0 Å². The first kappa shape index (κ1) is 15.8. The predicted octanol–water partition coefficient (Wildman–Crippen LogP) is 1.34. The van der Waals surface area contributed by atoms with E-state index in [1.165, 1.54) is 6.07 Å². The summed E-state index contributed by atoms with van der Waals surface area (Å²) in [6.07, 6.45) is 0. The number of carbonyl (C=O) groups is 2. The van der Waals surface area contributed by atoms with Gasteiger partial charge in [-0.1, -0.05) is 35.4 Å². The zero-order chi connectivity index (χ0) is 15.6. The van der Waals surface area contributed by atoms with E-state index in [2.05, 4.69) is 31.6 Å². The van der Waals surface area contributed by atoms with Crippen LogP contribution in [0.5, 0.6) is 0 Å². The van der Waals surface area contributed by atoms with Crippen molar-refractivity contribution in [3.63, 3.8) is 0 Å². The fourth-order valence-electron chi connectivity index (χ4n) is 1.41. The average molecular weight is 364 g/mol. The normalized spacial score (nSPS) is 10.4. The molecule has 0 fully saturated rings. The number of thiocarbonyl (C=S) groups is 1. The number of hydrogen-bond acceptors (Lipinski definition) is 6. The lowest BCUT2D eigenvalue weighted by molar-refractivity contribution is -0.135. The molecule has 110 valence electrons. The van der Waals surface area contributed by atoms with Crippen LogP contribution < -0.4 is 16.4 Å². The van der Waals surface area contributed by atoms with Crippen molar-refractivity contribution in [3.8, 4) is 0 Å². The molecule has 1 heterocycles. The lowest BCUT2D eigenvalue weighted by Gasteiger charge is -2.08. The Kier molecular flexibility index (Phi) is 4.88. The number of carbonyl (C=O) groups excluding carboxylic acids is 2. The van der Waals surface area contributed by atoms with E-state index >= 15 is 0 Å². The van der Waals surface area contributed by atoms with Crippen molar-refractivity contribution >= 4 is 80.7 Å². The van der Waals surface area contributed by atoms with Gasteiger partial charge in [-0.15, -0.1) is 0 Å². The molecule has 0 atom stereocenters. The summed E-state index contributed by atoms with van der Waals surface area (Å²) >= 11 is 17.5. The van der Waals surface area contributed by atoms with Crippen molar-refractivity contribution in [2.24, 2.45) is 5.73 Å². The van der Waals surface area contributed by atoms with Crippen LogP contribution in [0.4, 0.5) is 5.69 Å². The standard InChI is InChI=1S/C10H7Cl2N5O2S2/c11-3-1-4(12)7-8(17-21-16-7)6(3)15-10(19)9(18)14-2-5(13)20/h1H,2H2,(H2,13,20)(H,14,18)(H,15,19). The Morgan fingerprint density at radius 1 is 1.24 bits per heavy atom. The van der Waals surface area contributed by atoms with E-state index in [0.717, 1.165) is 11.7 Å². The molecule has 0 bridgehead atoms. The van der Waals surface area contributed by atoms with Gasteiger partial charge in [0.25, 0.3) is 0 Å². The summed E-state index contributed by atoms with van der Waals surface area (Å²) in [7, 11) is 0. The number of rotatable bonds is 3. The Labute approximate surface area is 138 Å². The van der Waals surface area contributed by atoms with E-state index in [1.54, 1.807) is 0 Å². The van der Waals surface area contributed by atoms with Gasteiger partial charge in [0.05, 0.1) is 39.0 Å². The molecule has 1 aromatic heterocycles. The van der Waals surface area contributed by atoms with Crippen molar-refractivity contribution in [2.75, 3.05) is 11.9 Å². The van der Waals surface area contributed by atoms with Crippen molar-refractivity contribution in [1.82, 2.24) is 14.1 Å². The Morgan fingerprint density at radius 2 is 1.90 bits per heavy atom. The Morgan fingerprint density at radius 3 is 2.57 bits per heavy atom. The molecule has 0 aliphatic carbocycles. The summed E-state index contributed by atoms with van der Waals surface area (Å²) in [5, 5.41) is 5.08. The Bertz CT molecular complexity index is 748. The minimum atomic E-state index is -0.926. The van der Waals surface area contributed by atoms with E-state index < -0.39 is 11.8 Å². The number of nitrogens with two attached hydrogens (primary N) is 1. The number of aromatic nitrogens is 2. The first-order valence-corrected chi connectivity index (χ1v) is 7.27. The highest BCUT2D eigenvalue weighted by Crippen LogP contribution is 2.35. The van der Waals surface area contributed by atoms with Crippen LogP contribution in [0.3, 0.4) is 0 Å². The topological polar surface area (TPSA) is 110 Å². The van der Waals surface area contributed by atoms with Gasteiger partial charge in [-0.2, -0.15) is 8.75 Å². The molecule has 1 aromatic carbocycles. The molecular formula is C10H7Cl2N5O2S2. The molecule has 2 aromatic rings. The maximum Gasteiger partial charge on any atom is 0.313 e. The zero-order valence-electron chi connectivity index (χ0n) is 10.1. The van der Waals surface area contributed by atoms with Crippen molar-refractivity contribution in [3.05, 3.63) is 16.1 Å². The maximum atomic E-state index is 11.8. The van der Waals surface area contributed by atoms with Crippen LogP contribution in [0.15, 0.2) is 6.07 Å². The Balaban J connectivity index is 2.23. The number of benzene rings is 1. The number of amides is 2. The van der Waals surface area contributed by atoms with Gasteiger partial charge in [0.2, 0.25) is 0 Å². The molecule has 0 saturated heterocycles. The molecule has 21 heavy (non-hydrogen) atoms. The molecule has 0 radical (unpaired) electrons.